The molecule has 1 heterocycles. The third-order valence-electron chi connectivity index (χ3n) is 2.50. The summed E-state index contributed by atoms with van der Waals surface area (Å²) in [6.45, 7) is 3.55. The van der Waals surface area contributed by atoms with Gasteiger partial charge >= 0.3 is 10.2 Å². The summed E-state index contributed by atoms with van der Waals surface area (Å²) >= 11 is 0. The highest BCUT2D eigenvalue weighted by molar-refractivity contribution is 7.88. The van der Waals surface area contributed by atoms with Gasteiger partial charge in [-0.05, 0) is 13.3 Å². The lowest BCUT2D eigenvalue weighted by atomic mass is 9.96. The minimum atomic E-state index is -3.57. The molecule has 0 aromatic carbocycles. The molecule has 1 rings (SSSR count). The molecule has 76 valence electrons. The van der Waals surface area contributed by atoms with E-state index in [-0.39, 0.29) is 0 Å². The van der Waals surface area contributed by atoms with Crippen molar-refractivity contribution in [3.05, 3.63) is 0 Å². The number of carbonyl (C=O) groups is 1. The van der Waals surface area contributed by atoms with Crippen LogP contribution in [-0.4, -0.2) is 31.2 Å². The summed E-state index contributed by atoms with van der Waals surface area (Å²) in [5.74, 6) is -0.433. The number of nitrogens with one attached hydrogen (secondary N) is 1. The molecule has 0 bridgehead atoms. The van der Waals surface area contributed by atoms with Crippen molar-refractivity contribution in [2.75, 3.05) is 7.05 Å². The molecule has 1 aliphatic rings. The van der Waals surface area contributed by atoms with E-state index in [1.165, 1.54) is 7.05 Å². The van der Waals surface area contributed by atoms with Gasteiger partial charge in [-0.25, -0.2) is 4.72 Å². The maximum absolute atomic E-state index is 11.4. The van der Waals surface area contributed by atoms with E-state index in [9.17, 15) is 13.2 Å². The van der Waals surface area contributed by atoms with E-state index >= 15 is 0 Å². The Labute approximate surface area is 78.3 Å². The van der Waals surface area contributed by atoms with Crippen LogP contribution in [0.25, 0.3) is 0 Å². The molecule has 0 spiro atoms. The number of amides is 1. The molecule has 1 atom stereocenters. The van der Waals surface area contributed by atoms with Crippen LogP contribution in [-0.2, 0) is 15.0 Å². The van der Waals surface area contributed by atoms with E-state index in [0.717, 1.165) is 10.7 Å². The molecule has 6 heteroatoms. The second kappa shape index (κ2) is 2.95. The number of hydrogen-bond donors (Lipinski definition) is 1. The predicted octanol–water partition coefficient (Wildman–Crippen LogP) is -0.148. The van der Waals surface area contributed by atoms with Crippen LogP contribution in [0.1, 0.15) is 26.7 Å². The van der Waals surface area contributed by atoms with E-state index < -0.39 is 21.7 Å². The quantitative estimate of drug-likeness (QED) is 0.683. The lowest BCUT2D eigenvalue weighted by Crippen LogP contribution is -2.44. The van der Waals surface area contributed by atoms with E-state index in [2.05, 4.69) is 0 Å². The van der Waals surface area contributed by atoms with Crippen LogP contribution >= 0.6 is 0 Å². The van der Waals surface area contributed by atoms with Crippen LogP contribution in [0.15, 0.2) is 0 Å². The molecule has 0 aliphatic carbocycles. The molecule has 1 unspecified atom stereocenters. The molecule has 1 N–H and O–H groups in total. The van der Waals surface area contributed by atoms with E-state index in [0.29, 0.717) is 6.42 Å². The standard InChI is InChI=1S/C7H14N2O3S/c1-4-5-7(2)6(10)8-13(11,12)9(7)3/h4-5H2,1-3H3,(H,8,10). The Morgan fingerprint density at radius 3 is 2.38 bits per heavy atom. The molecule has 1 aliphatic heterocycles. The lowest BCUT2D eigenvalue weighted by molar-refractivity contribution is -0.125. The predicted molar refractivity (Wildman–Crippen MR) is 48.1 cm³/mol. The largest absolute Gasteiger partial charge is 0.304 e. The first kappa shape index (κ1) is 10.5. The average Bonchev–Trinajstić information content (AvgIpc) is 2.14. The van der Waals surface area contributed by atoms with Crippen molar-refractivity contribution >= 4 is 16.1 Å². The van der Waals surface area contributed by atoms with Gasteiger partial charge in [-0.2, -0.15) is 12.7 Å². The zero-order valence-corrected chi connectivity index (χ0v) is 8.81. The molecule has 0 aromatic heterocycles. The van der Waals surface area contributed by atoms with Gasteiger partial charge in [-0.15, -0.1) is 0 Å². The van der Waals surface area contributed by atoms with Gasteiger partial charge in [0.1, 0.15) is 5.54 Å². The van der Waals surface area contributed by atoms with Gasteiger partial charge in [0.25, 0.3) is 5.91 Å². The minimum Gasteiger partial charge on any atom is -0.272 e. The highest BCUT2D eigenvalue weighted by Crippen LogP contribution is 2.27. The SMILES string of the molecule is CCCC1(C)C(=O)NS(=O)(=O)N1C. The summed E-state index contributed by atoms with van der Waals surface area (Å²) in [6, 6.07) is 0. The zero-order chi connectivity index (χ0) is 10.3. The van der Waals surface area contributed by atoms with Crippen LogP contribution in [0.3, 0.4) is 0 Å². The van der Waals surface area contributed by atoms with Crippen LogP contribution < -0.4 is 4.72 Å². The van der Waals surface area contributed by atoms with Gasteiger partial charge in [-0.3, -0.25) is 4.79 Å². The minimum absolute atomic E-state index is 0.433. The van der Waals surface area contributed by atoms with Crippen molar-refractivity contribution in [1.82, 2.24) is 9.03 Å². The second-order valence-electron chi connectivity index (χ2n) is 3.43. The fourth-order valence-corrected chi connectivity index (χ4v) is 2.76. The number of carbonyl (C=O) groups excluding carboxylic acids is 1. The summed E-state index contributed by atoms with van der Waals surface area (Å²) in [5, 5.41) is 0. The highest BCUT2D eigenvalue weighted by Gasteiger charge is 2.50. The smallest absolute Gasteiger partial charge is 0.272 e. The van der Waals surface area contributed by atoms with Crippen molar-refractivity contribution in [2.24, 2.45) is 0 Å². The van der Waals surface area contributed by atoms with E-state index in [1.54, 1.807) is 6.92 Å². The molecule has 0 radical (unpaired) electrons. The topological polar surface area (TPSA) is 66.5 Å². The van der Waals surface area contributed by atoms with Crippen LogP contribution in [0.2, 0.25) is 0 Å². The molecule has 13 heavy (non-hydrogen) atoms. The molecule has 1 saturated heterocycles. The van der Waals surface area contributed by atoms with Crippen LogP contribution in [0, 0.1) is 0 Å². The zero-order valence-electron chi connectivity index (χ0n) is 7.99. The molecule has 0 aromatic rings. The summed E-state index contributed by atoms with van der Waals surface area (Å²) in [5.41, 5.74) is -0.909. The van der Waals surface area contributed by atoms with Crippen LogP contribution in [0.5, 0.6) is 0 Å². The second-order valence-corrected chi connectivity index (χ2v) is 5.13. The van der Waals surface area contributed by atoms with Crippen molar-refractivity contribution in [2.45, 2.75) is 32.2 Å². The fraction of sp³-hybridized carbons (Fsp3) is 0.857. The summed E-state index contributed by atoms with van der Waals surface area (Å²) in [6.07, 6.45) is 1.30. The normalized spacial score (nSPS) is 33.3. The van der Waals surface area contributed by atoms with Gasteiger partial charge < -0.3 is 0 Å². The molecular formula is C7H14N2O3S. The van der Waals surface area contributed by atoms with Crippen molar-refractivity contribution < 1.29 is 13.2 Å². The Kier molecular flexibility index (Phi) is 2.38. The number of nitrogens with zero attached hydrogens (tertiary/aromatic N) is 1. The number of hydrogen-bond acceptors (Lipinski definition) is 3. The first-order valence-electron chi connectivity index (χ1n) is 4.16. The number of rotatable bonds is 2. The summed E-state index contributed by atoms with van der Waals surface area (Å²) in [4.78, 5) is 11.4. The van der Waals surface area contributed by atoms with Crippen molar-refractivity contribution in [1.29, 1.82) is 0 Å². The Morgan fingerprint density at radius 2 is 2.08 bits per heavy atom. The van der Waals surface area contributed by atoms with Crippen LogP contribution in [0.4, 0.5) is 0 Å². The molecule has 0 saturated carbocycles. The Hall–Kier alpha value is -0.620. The Balaban J connectivity index is 3.07. The van der Waals surface area contributed by atoms with E-state index in [1.807, 2.05) is 11.6 Å². The molecule has 1 fully saturated rings. The average molecular weight is 206 g/mol. The third-order valence-corrected chi connectivity index (χ3v) is 4.07. The van der Waals surface area contributed by atoms with Gasteiger partial charge in [0, 0.05) is 7.05 Å². The van der Waals surface area contributed by atoms with E-state index in [4.69, 9.17) is 0 Å². The summed E-state index contributed by atoms with van der Waals surface area (Å²) in [7, 11) is -2.15. The lowest BCUT2D eigenvalue weighted by Gasteiger charge is -2.25. The van der Waals surface area contributed by atoms with Gasteiger partial charge in [0.2, 0.25) is 0 Å². The molecule has 5 nitrogen and oxygen atoms in total. The van der Waals surface area contributed by atoms with Crippen molar-refractivity contribution in [3.63, 3.8) is 0 Å². The Morgan fingerprint density at radius 1 is 1.54 bits per heavy atom. The fourth-order valence-electron chi connectivity index (χ4n) is 1.46. The van der Waals surface area contributed by atoms with Gasteiger partial charge in [0.15, 0.2) is 0 Å². The molecular weight excluding hydrogens is 192 g/mol. The third kappa shape index (κ3) is 1.44. The maximum Gasteiger partial charge on any atom is 0.304 e. The monoisotopic (exact) mass is 206 g/mol. The van der Waals surface area contributed by atoms with Gasteiger partial charge in [-0.1, -0.05) is 13.3 Å². The first-order valence-corrected chi connectivity index (χ1v) is 5.60. The first-order chi connectivity index (χ1) is 5.84. The van der Waals surface area contributed by atoms with Gasteiger partial charge in [0.05, 0.1) is 0 Å². The Bertz CT molecular complexity index is 325. The highest BCUT2D eigenvalue weighted by atomic mass is 32.2. The summed E-state index contributed by atoms with van der Waals surface area (Å²) < 4.78 is 25.6. The number of likely N-dealkylation sites (N-methyl/N-ethyl adjacent to an activating group) is 1. The van der Waals surface area contributed by atoms with Crippen molar-refractivity contribution in [3.8, 4) is 0 Å². The molecule has 1 amide bonds. The maximum atomic E-state index is 11.4.